The van der Waals surface area contributed by atoms with Gasteiger partial charge in [-0.25, -0.2) is 0 Å². The summed E-state index contributed by atoms with van der Waals surface area (Å²) in [5.74, 6) is 0.873. The van der Waals surface area contributed by atoms with Crippen molar-refractivity contribution in [2.45, 2.75) is 33.2 Å². The number of nitrogens with zero attached hydrogens (tertiary/aromatic N) is 1. The number of aryl methyl sites for hydroxylation is 1. The number of methoxy groups -OCH3 is 1. The lowest BCUT2D eigenvalue weighted by Crippen LogP contribution is -2.27. The minimum Gasteiger partial charge on any atom is -0.496 e. The van der Waals surface area contributed by atoms with Crippen LogP contribution >= 0.6 is 0 Å². The molecule has 1 rings (SSSR count). The van der Waals surface area contributed by atoms with Gasteiger partial charge in [0.05, 0.1) is 18.6 Å². The van der Waals surface area contributed by atoms with Gasteiger partial charge in [0, 0.05) is 6.04 Å². The molecule has 0 aromatic heterocycles. The average molecular weight is 232 g/mol. The third-order valence-electron chi connectivity index (χ3n) is 3.11. The summed E-state index contributed by atoms with van der Waals surface area (Å²) in [5, 5.41) is 9.10. The molecule has 3 heteroatoms. The summed E-state index contributed by atoms with van der Waals surface area (Å²) in [7, 11) is 1.66. The van der Waals surface area contributed by atoms with Gasteiger partial charge in [0.25, 0.3) is 0 Å². The standard InChI is InChI=1S/C14H20N2O/c1-5-10-8-11(6-7-12(10)17-4)13(16)14(2,3)9-15/h6-8,13H,5,16H2,1-4H3. The van der Waals surface area contributed by atoms with E-state index in [4.69, 9.17) is 15.7 Å². The molecule has 0 aliphatic carbocycles. The summed E-state index contributed by atoms with van der Waals surface area (Å²) in [5.41, 5.74) is 7.67. The van der Waals surface area contributed by atoms with E-state index in [1.807, 2.05) is 32.0 Å². The predicted molar refractivity (Wildman–Crippen MR) is 68.7 cm³/mol. The van der Waals surface area contributed by atoms with Crippen LogP contribution in [-0.2, 0) is 6.42 Å². The first kappa shape index (κ1) is 13.5. The first-order valence-corrected chi connectivity index (χ1v) is 5.80. The van der Waals surface area contributed by atoms with Crippen molar-refractivity contribution in [3.63, 3.8) is 0 Å². The van der Waals surface area contributed by atoms with E-state index in [2.05, 4.69) is 13.0 Å². The molecule has 0 heterocycles. The molecule has 0 fully saturated rings. The van der Waals surface area contributed by atoms with Gasteiger partial charge in [-0.1, -0.05) is 19.1 Å². The molecule has 0 radical (unpaired) electrons. The van der Waals surface area contributed by atoms with Crippen molar-refractivity contribution in [1.29, 1.82) is 5.26 Å². The van der Waals surface area contributed by atoms with Gasteiger partial charge in [0.2, 0.25) is 0 Å². The summed E-state index contributed by atoms with van der Waals surface area (Å²) >= 11 is 0. The third kappa shape index (κ3) is 2.78. The predicted octanol–water partition coefficient (Wildman–Crippen LogP) is 2.81. The summed E-state index contributed by atoms with van der Waals surface area (Å²) in [6, 6.07) is 7.84. The number of nitriles is 1. The highest BCUT2D eigenvalue weighted by Gasteiger charge is 2.27. The number of benzene rings is 1. The summed E-state index contributed by atoms with van der Waals surface area (Å²) in [4.78, 5) is 0. The van der Waals surface area contributed by atoms with E-state index in [0.717, 1.165) is 23.3 Å². The monoisotopic (exact) mass is 232 g/mol. The Kier molecular flexibility index (Phi) is 4.14. The quantitative estimate of drug-likeness (QED) is 0.868. The lowest BCUT2D eigenvalue weighted by Gasteiger charge is -2.25. The molecule has 0 aliphatic rings. The lowest BCUT2D eigenvalue weighted by molar-refractivity contribution is 0.390. The van der Waals surface area contributed by atoms with E-state index in [9.17, 15) is 0 Å². The van der Waals surface area contributed by atoms with Gasteiger partial charge < -0.3 is 10.5 Å². The van der Waals surface area contributed by atoms with Crippen LogP contribution in [0.25, 0.3) is 0 Å². The minimum absolute atomic E-state index is 0.288. The van der Waals surface area contributed by atoms with Gasteiger partial charge in [-0.05, 0) is 37.5 Å². The summed E-state index contributed by atoms with van der Waals surface area (Å²) < 4.78 is 5.28. The van der Waals surface area contributed by atoms with Crippen LogP contribution < -0.4 is 10.5 Å². The Morgan fingerprint density at radius 2 is 2.12 bits per heavy atom. The van der Waals surface area contributed by atoms with Gasteiger partial charge in [0.1, 0.15) is 5.75 Å². The largest absolute Gasteiger partial charge is 0.496 e. The maximum absolute atomic E-state index is 9.10. The van der Waals surface area contributed by atoms with Crippen molar-refractivity contribution in [3.8, 4) is 11.8 Å². The molecular formula is C14H20N2O. The lowest BCUT2D eigenvalue weighted by atomic mass is 9.82. The zero-order valence-corrected chi connectivity index (χ0v) is 10.9. The van der Waals surface area contributed by atoms with E-state index in [1.54, 1.807) is 7.11 Å². The normalized spacial score (nSPS) is 12.9. The minimum atomic E-state index is -0.570. The summed E-state index contributed by atoms with van der Waals surface area (Å²) in [6.07, 6.45) is 0.886. The molecule has 1 aromatic carbocycles. The number of ether oxygens (including phenoxy) is 1. The van der Waals surface area contributed by atoms with Gasteiger partial charge in [-0.15, -0.1) is 0 Å². The van der Waals surface area contributed by atoms with Crippen LogP contribution in [0.2, 0.25) is 0 Å². The SMILES string of the molecule is CCc1cc(C(N)C(C)(C)C#N)ccc1OC. The van der Waals surface area contributed by atoms with Gasteiger partial charge in [-0.3, -0.25) is 0 Å². The fraction of sp³-hybridized carbons (Fsp3) is 0.500. The second-order valence-electron chi connectivity index (χ2n) is 4.74. The van der Waals surface area contributed by atoms with Crippen LogP contribution in [0.5, 0.6) is 5.75 Å². The Balaban J connectivity index is 3.13. The average Bonchev–Trinajstić information content (AvgIpc) is 2.36. The molecule has 1 atom stereocenters. The molecule has 0 spiro atoms. The number of hydrogen-bond acceptors (Lipinski definition) is 3. The van der Waals surface area contributed by atoms with E-state index in [-0.39, 0.29) is 6.04 Å². The molecule has 17 heavy (non-hydrogen) atoms. The maximum Gasteiger partial charge on any atom is 0.122 e. The first-order valence-electron chi connectivity index (χ1n) is 5.80. The molecule has 0 aliphatic heterocycles. The van der Waals surface area contributed by atoms with Gasteiger partial charge in [-0.2, -0.15) is 5.26 Å². The molecule has 0 amide bonds. The van der Waals surface area contributed by atoms with E-state index < -0.39 is 5.41 Å². The molecule has 2 N–H and O–H groups in total. The highest BCUT2D eigenvalue weighted by atomic mass is 16.5. The maximum atomic E-state index is 9.10. The van der Waals surface area contributed by atoms with Crippen LogP contribution in [0.15, 0.2) is 18.2 Å². The number of hydrogen-bond donors (Lipinski definition) is 1. The van der Waals surface area contributed by atoms with Gasteiger partial charge >= 0.3 is 0 Å². The third-order valence-corrected chi connectivity index (χ3v) is 3.11. The van der Waals surface area contributed by atoms with Crippen LogP contribution in [-0.4, -0.2) is 7.11 Å². The van der Waals surface area contributed by atoms with Crippen molar-refractivity contribution in [3.05, 3.63) is 29.3 Å². The fourth-order valence-corrected chi connectivity index (χ4v) is 1.75. The first-order chi connectivity index (χ1) is 7.96. The topological polar surface area (TPSA) is 59.0 Å². The van der Waals surface area contributed by atoms with Crippen molar-refractivity contribution < 1.29 is 4.74 Å². The fourth-order valence-electron chi connectivity index (χ4n) is 1.75. The summed E-state index contributed by atoms with van der Waals surface area (Å²) in [6.45, 7) is 5.78. The molecule has 0 bridgehead atoms. The molecule has 92 valence electrons. The number of nitrogens with two attached hydrogens (primary N) is 1. The molecule has 3 nitrogen and oxygen atoms in total. The van der Waals surface area contributed by atoms with E-state index >= 15 is 0 Å². The molecule has 0 saturated heterocycles. The molecule has 1 unspecified atom stereocenters. The van der Waals surface area contributed by atoms with Crippen molar-refractivity contribution in [2.24, 2.45) is 11.1 Å². The zero-order chi connectivity index (χ0) is 13.1. The Morgan fingerprint density at radius 3 is 2.59 bits per heavy atom. The van der Waals surface area contributed by atoms with Crippen LogP contribution in [0.3, 0.4) is 0 Å². The molecular weight excluding hydrogens is 212 g/mol. The van der Waals surface area contributed by atoms with Crippen LogP contribution in [0.4, 0.5) is 0 Å². The highest BCUT2D eigenvalue weighted by Crippen LogP contribution is 2.32. The Labute approximate surface area is 103 Å². The zero-order valence-electron chi connectivity index (χ0n) is 10.9. The second kappa shape index (κ2) is 5.20. The van der Waals surface area contributed by atoms with E-state index in [1.165, 1.54) is 0 Å². The van der Waals surface area contributed by atoms with Crippen LogP contribution in [0, 0.1) is 16.7 Å². The van der Waals surface area contributed by atoms with Gasteiger partial charge in [0.15, 0.2) is 0 Å². The Morgan fingerprint density at radius 1 is 1.47 bits per heavy atom. The van der Waals surface area contributed by atoms with Crippen LogP contribution in [0.1, 0.15) is 37.9 Å². The second-order valence-corrected chi connectivity index (χ2v) is 4.74. The Bertz CT molecular complexity index is 432. The van der Waals surface area contributed by atoms with Crippen molar-refractivity contribution >= 4 is 0 Å². The number of rotatable bonds is 4. The van der Waals surface area contributed by atoms with Crippen molar-refractivity contribution in [2.75, 3.05) is 7.11 Å². The molecule has 0 saturated carbocycles. The Hall–Kier alpha value is -1.53. The molecule has 1 aromatic rings. The van der Waals surface area contributed by atoms with Crippen molar-refractivity contribution in [1.82, 2.24) is 0 Å². The smallest absolute Gasteiger partial charge is 0.122 e. The van der Waals surface area contributed by atoms with E-state index in [0.29, 0.717) is 0 Å². The highest BCUT2D eigenvalue weighted by molar-refractivity contribution is 5.39.